The number of carbonyl (C=O) groups excluding carboxylic acids is 2. The van der Waals surface area contributed by atoms with Crippen molar-refractivity contribution in [3.05, 3.63) is 82.8 Å². The first-order valence-electron chi connectivity index (χ1n) is 11.3. The number of aromatic amines is 1. The van der Waals surface area contributed by atoms with E-state index < -0.39 is 11.4 Å². The SMILES string of the molecule is CN(C)CC(CC(=O)N1Cc2c(NC(=O)c3ccc(F)cc3)n[nH]c2C1(C)C)c1ccccc1. The lowest BCUT2D eigenvalue weighted by Crippen LogP contribution is -2.41. The van der Waals surface area contributed by atoms with Crippen molar-refractivity contribution in [2.45, 2.75) is 38.3 Å². The monoisotopic (exact) mass is 463 g/mol. The van der Waals surface area contributed by atoms with Gasteiger partial charge in [-0.15, -0.1) is 0 Å². The number of benzene rings is 2. The van der Waals surface area contributed by atoms with Crippen molar-refractivity contribution < 1.29 is 14.0 Å². The molecule has 7 nitrogen and oxygen atoms in total. The van der Waals surface area contributed by atoms with Crippen LogP contribution in [0.25, 0.3) is 0 Å². The van der Waals surface area contributed by atoms with Gasteiger partial charge in [-0.1, -0.05) is 30.3 Å². The second kappa shape index (κ2) is 9.38. The summed E-state index contributed by atoms with van der Waals surface area (Å²) in [4.78, 5) is 30.1. The van der Waals surface area contributed by atoms with Crippen molar-refractivity contribution in [1.82, 2.24) is 20.0 Å². The fourth-order valence-corrected chi connectivity index (χ4v) is 4.57. The molecule has 4 rings (SSSR count). The number of nitrogens with one attached hydrogen (secondary N) is 2. The van der Waals surface area contributed by atoms with Crippen molar-refractivity contribution in [3.8, 4) is 0 Å². The van der Waals surface area contributed by atoms with Gasteiger partial charge >= 0.3 is 0 Å². The Balaban J connectivity index is 1.52. The van der Waals surface area contributed by atoms with Crippen LogP contribution in [-0.4, -0.2) is 52.5 Å². The van der Waals surface area contributed by atoms with Gasteiger partial charge in [-0.25, -0.2) is 4.39 Å². The Kier molecular flexibility index (Phi) is 6.52. The number of hydrogen-bond acceptors (Lipinski definition) is 4. The van der Waals surface area contributed by atoms with E-state index in [0.29, 0.717) is 24.3 Å². The maximum Gasteiger partial charge on any atom is 0.256 e. The molecule has 0 radical (unpaired) electrons. The molecule has 3 aromatic rings. The molecule has 1 atom stereocenters. The zero-order valence-electron chi connectivity index (χ0n) is 19.9. The Morgan fingerprint density at radius 1 is 1.15 bits per heavy atom. The van der Waals surface area contributed by atoms with Gasteiger partial charge in [-0.3, -0.25) is 14.7 Å². The fraction of sp³-hybridized carbons (Fsp3) is 0.346. The summed E-state index contributed by atoms with van der Waals surface area (Å²) in [6.45, 7) is 5.06. The number of aromatic nitrogens is 2. The molecule has 0 saturated carbocycles. The molecule has 1 aromatic heterocycles. The van der Waals surface area contributed by atoms with E-state index in [1.165, 1.54) is 24.3 Å². The van der Waals surface area contributed by atoms with Gasteiger partial charge in [0.05, 0.1) is 17.8 Å². The second-order valence-electron chi connectivity index (χ2n) is 9.50. The number of carbonyl (C=O) groups is 2. The third-order valence-corrected chi connectivity index (χ3v) is 6.39. The molecule has 1 unspecified atom stereocenters. The normalized spacial score (nSPS) is 15.3. The predicted octanol–water partition coefficient (Wildman–Crippen LogP) is 4.11. The number of anilines is 1. The molecule has 0 saturated heterocycles. The maximum absolute atomic E-state index is 13.5. The summed E-state index contributed by atoms with van der Waals surface area (Å²) in [5.41, 5.74) is 2.46. The first-order valence-corrected chi connectivity index (χ1v) is 11.3. The standard InChI is InChI=1S/C26H30FN5O2/c1-26(2)23-21(24(30-29-23)28-25(34)18-10-12-20(27)13-11-18)16-32(26)22(33)14-19(15-31(3)4)17-8-6-5-7-9-17/h5-13,19H,14-16H2,1-4H3,(H2,28,29,30,34). The number of fused-ring (bicyclic) bond motifs is 1. The number of H-pyrrole nitrogens is 1. The second-order valence-corrected chi connectivity index (χ2v) is 9.50. The molecule has 34 heavy (non-hydrogen) atoms. The van der Waals surface area contributed by atoms with Crippen molar-refractivity contribution in [3.63, 3.8) is 0 Å². The van der Waals surface area contributed by atoms with E-state index in [1.807, 2.05) is 51.0 Å². The minimum Gasteiger partial charge on any atom is -0.327 e. The predicted molar refractivity (Wildman–Crippen MR) is 129 cm³/mol. The molecular weight excluding hydrogens is 433 g/mol. The highest BCUT2D eigenvalue weighted by molar-refractivity contribution is 6.04. The Labute approximate surface area is 199 Å². The molecule has 2 heterocycles. The van der Waals surface area contributed by atoms with Crippen LogP contribution in [0.3, 0.4) is 0 Å². The van der Waals surface area contributed by atoms with E-state index in [4.69, 9.17) is 0 Å². The molecule has 2 aromatic carbocycles. The minimum atomic E-state index is -0.600. The number of likely N-dealkylation sites (N-methyl/N-ethyl adjacent to an activating group) is 1. The zero-order valence-corrected chi connectivity index (χ0v) is 19.9. The van der Waals surface area contributed by atoms with Gasteiger partial charge in [0.1, 0.15) is 5.82 Å². The summed E-state index contributed by atoms with van der Waals surface area (Å²) in [5, 5.41) is 10.1. The van der Waals surface area contributed by atoms with Crippen molar-refractivity contribution in [1.29, 1.82) is 0 Å². The van der Waals surface area contributed by atoms with Gasteiger partial charge in [0.2, 0.25) is 5.91 Å². The van der Waals surface area contributed by atoms with Gasteiger partial charge in [-0.05, 0) is 57.8 Å². The Morgan fingerprint density at radius 2 is 1.82 bits per heavy atom. The number of halogens is 1. The van der Waals surface area contributed by atoms with Crippen molar-refractivity contribution in [2.24, 2.45) is 0 Å². The third kappa shape index (κ3) is 4.72. The van der Waals surface area contributed by atoms with E-state index in [1.54, 1.807) is 0 Å². The Hall–Kier alpha value is -3.52. The molecule has 0 bridgehead atoms. The fourth-order valence-electron chi connectivity index (χ4n) is 4.57. The van der Waals surface area contributed by atoms with Crippen LogP contribution >= 0.6 is 0 Å². The number of amides is 2. The number of rotatable bonds is 7. The van der Waals surface area contributed by atoms with Crippen LogP contribution in [0.2, 0.25) is 0 Å². The van der Waals surface area contributed by atoms with Gasteiger partial charge in [0.15, 0.2) is 5.82 Å². The molecule has 8 heteroatoms. The van der Waals surface area contributed by atoms with Crippen LogP contribution in [0.15, 0.2) is 54.6 Å². The first-order chi connectivity index (χ1) is 16.2. The Bertz CT molecular complexity index is 1170. The number of hydrogen-bond donors (Lipinski definition) is 2. The van der Waals surface area contributed by atoms with Crippen LogP contribution in [0.5, 0.6) is 0 Å². The molecule has 2 N–H and O–H groups in total. The average Bonchev–Trinajstić information content (AvgIpc) is 3.32. The molecule has 1 aliphatic rings. The molecule has 0 aliphatic carbocycles. The highest BCUT2D eigenvalue weighted by Crippen LogP contribution is 2.41. The summed E-state index contributed by atoms with van der Waals surface area (Å²) in [7, 11) is 4.01. The molecule has 0 spiro atoms. The molecule has 1 aliphatic heterocycles. The summed E-state index contributed by atoms with van der Waals surface area (Å²) in [6.07, 6.45) is 0.376. The summed E-state index contributed by atoms with van der Waals surface area (Å²) < 4.78 is 13.2. The van der Waals surface area contributed by atoms with Crippen LogP contribution in [0.4, 0.5) is 10.2 Å². The van der Waals surface area contributed by atoms with Gasteiger partial charge in [0, 0.05) is 30.0 Å². The average molecular weight is 464 g/mol. The van der Waals surface area contributed by atoms with Crippen LogP contribution in [0.1, 0.15) is 53.4 Å². The first kappa shape index (κ1) is 23.6. The molecule has 0 fully saturated rings. The molecule has 178 valence electrons. The smallest absolute Gasteiger partial charge is 0.256 e. The van der Waals surface area contributed by atoms with E-state index >= 15 is 0 Å². The van der Waals surface area contributed by atoms with Crippen molar-refractivity contribution in [2.75, 3.05) is 26.0 Å². The van der Waals surface area contributed by atoms with Crippen molar-refractivity contribution >= 4 is 17.6 Å². The molecule has 2 amide bonds. The quantitative estimate of drug-likeness (QED) is 0.553. The van der Waals surface area contributed by atoms with E-state index in [9.17, 15) is 14.0 Å². The summed E-state index contributed by atoms with van der Waals surface area (Å²) in [5.74, 6) is -0.292. The molecular formula is C26H30FN5O2. The van der Waals surface area contributed by atoms with Crippen LogP contribution in [-0.2, 0) is 16.9 Å². The topological polar surface area (TPSA) is 81.3 Å². The van der Waals surface area contributed by atoms with E-state index in [2.05, 4.69) is 32.5 Å². The lowest BCUT2D eigenvalue weighted by atomic mass is 9.93. The lowest BCUT2D eigenvalue weighted by Gasteiger charge is -2.33. The Morgan fingerprint density at radius 3 is 2.47 bits per heavy atom. The highest BCUT2D eigenvalue weighted by atomic mass is 19.1. The highest BCUT2D eigenvalue weighted by Gasteiger charge is 2.44. The third-order valence-electron chi connectivity index (χ3n) is 6.39. The van der Waals surface area contributed by atoms with Gasteiger partial charge < -0.3 is 15.1 Å². The van der Waals surface area contributed by atoms with E-state index in [-0.39, 0.29) is 17.7 Å². The van der Waals surface area contributed by atoms with Crippen LogP contribution < -0.4 is 5.32 Å². The van der Waals surface area contributed by atoms with Gasteiger partial charge in [-0.2, -0.15) is 5.10 Å². The van der Waals surface area contributed by atoms with E-state index in [0.717, 1.165) is 23.4 Å². The summed E-state index contributed by atoms with van der Waals surface area (Å²) in [6, 6.07) is 15.4. The van der Waals surface area contributed by atoms with Crippen LogP contribution in [0, 0.1) is 5.82 Å². The summed E-state index contributed by atoms with van der Waals surface area (Å²) >= 11 is 0. The minimum absolute atomic E-state index is 0.0427. The largest absolute Gasteiger partial charge is 0.327 e. The lowest BCUT2D eigenvalue weighted by molar-refractivity contribution is -0.137. The van der Waals surface area contributed by atoms with Gasteiger partial charge in [0.25, 0.3) is 5.91 Å². The maximum atomic E-state index is 13.5. The zero-order chi connectivity index (χ0) is 24.5. The number of nitrogens with zero attached hydrogens (tertiary/aromatic N) is 3.